The van der Waals surface area contributed by atoms with Crippen molar-refractivity contribution in [2.45, 2.75) is 239 Å². The maximum Gasteiger partial charge on any atom is 0.407 e. The molecule has 750 valence electrons. The summed E-state index contributed by atoms with van der Waals surface area (Å²) in [6.07, 6.45) is 2.82. The number of nitrogens with two attached hydrogens (primary N) is 1. The van der Waals surface area contributed by atoms with Crippen LogP contribution in [0.25, 0.3) is 0 Å². The third-order valence-corrected chi connectivity index (χ3v) is 24.9. The number of piperidine rings is 1. The maximum atomic E-state index is 14.9. The average molecular weight is 1960 g/mol. The van der Waals surface area contributed by atoms with Gasteiger partial charge in [-0.3, -0.25) is 76.8 Å². The molecule has 4 aromatic rings. The van der Waals surface area contributed by atoms with Crippen molar-refractivity contribution < 1.29 is 136 Å². The van der Waals surface area contributed by atoms with E-state index in [1.54, 1.807) is 91.4 Å². The number of aliphatic carboxylic acids is 4. The fourth-order valence-corrected chi connectivity index (χ4v) is 16.7. The van der Waals surface area contributed by atoms with E-state index in [2.05, 4.69) is 52.4 Å². The summed E-state index contributed by atoms with van der Waals surface area (Å²) >= 11 is 1.11. The number of esters is 2. The molecule has 0 radical (unpaired) electrons. The Morgan fingerprint density at radius 1 is 0.640 bits per heavy atom. The van der Waals surface area contributed by atoms with Crippen molar-refractivity contribution in [1.82, 2.24) is 57.3 Å². The summed E-state index contributed by atoms with van der Waals surface area (Å²) in [5.41, 5.74) is 8.25. The highest BCUT2D eigenvalue weighted by Gasteiger charge is 2.41. The van der Waals surface area contributed by atoms with E-state index in [1.165, 1.54) is 45.5 Å². The van der Waals surface area contributed by atoms with Crippen molar-refractivity contribution >= 4 is 146 Å². The van der Waals surface area contributed by atoms with Gasteiger partial charge in [-0.05, 0) is 125 Å². The lowest BCUT2D eigenvalue weighted by molar-refractivity contribution is -0.192. The number of likely N-dealkylation sites (N-methyl/N-ethyl adjacent to an activating group) is 1. The van der Waals surface area contributed by atoms with Gasteiger partial charge in [0.2, 0.25) is 29.5 Å². The largest absolute Gasteiger partial charge is 0.508 e. The number of ketones is 4. The van der Waals surface area contributed by atoms with Crippen LogP contribution >= 0.6 is 32.9 Å². The number of aromatic hydroxyl groups is 1. The molecule has 3 aromatic carbocycles. The molecular formula is C93H132N12O28S3. The zero-order valence-corrected chi connectivity index (χ0v) is 81.0. The number of hydrogen-bond donors (Lipinski definition) is 14. The highest BCUT2D eigenvalue weighted by Crippen LogP contribution is 2.35. The minimum Gasteiger partial charge on any atom is -0.508 e. The SMILES string of the molecule is CCCOC(=O)NCC(=O)[C@@H](C)C[C@H](Cc1ccc(O)cc1)NC(=O)c1csc([C@@H](C[C@H](C(C)C)N(COC(=O)CCC)C(=O)[C@@H](CC(=O)[C@H]2CCCCN2C)C(C)CC)OC(C)=O)n1.CSSC[C@@H](CC(=O)[C@H](CC(=O)O)NC(=O)[C@@H](N)CNC(=O)[C@@H](CC(=O)[C@H](Cc1ccccc1)NC(=O)CCNC(=O)CC[C@H](NC(=O)NCCCC(=O)O)C(=O)O)Cc1ccccc1)C(=O)O.O=C=O. The van der Waals surface area contributed by atoms with Crippen molar-refractivity contribution in [1.29, 1.82) is 0 Å². The standard InChI is InChI=1S/C48H73N5O11S.C44H59N7O15S2.CO2/c1-10-15-44(58)63-29-53(47(60)37(31(6)12-3)25-41(56)39-16-13-14-21-52(39)9)40(30(4)5)26-43(64-33(8)54)46-51-38(28-65-46)45(59)50-35(24-34-17-19-36(55)20-18-34)23-32(7)42(57)27-49-48(61)62-22-11-2;1-67-68-25-29(42(62)63)22-35(53)33(23-39(58)59)50-41(61)30(45)24-48-40(60)28(19-26-9-4-2-5-10-26)21-34(52)32(20-27-11-6-3-7-12-27)49-37(55)16-18-46-36(54)15-14-31(43(64)65)51-44(66)47-17-8-13-38(56)57;2-1-3/h17-20,28,30-32,35,37,39-40,43,55H,10-16,21-27,29H2,1-9H3,(H,49,61)(H,50,59);2-7,9-12,28-33H,8,13-25,45H2,1H3,(H,46,54)(H,48,60)(H,49,55)(H,50,61)(H,56,57)(H,58,59)(H,62,63)(H,64,65)(H2,47,51,66);/t31?,32-,35+,37-,39+,40+,43+;28-,29-,30+,31+,32+,33+;/m01./s1. The molecule has 1 saturated heterocycles. The first-order chi connectivity index (χ1) is 64.6. The van der Waals surface area contributed by atoms with Crippen molar-refractivity contribution in [3.63, 3.8) is 0 Å². The second kappa shape index (κ2) is 64.8. The number of Topliss-reactive ketones (excluding diaryl/α,β-unsaturated/α-hetero) is 4. The van der Waals surface area contributed by atoms with E-state index >= 15 is 0 Å². The molecular weight excluding hydrogens is 1830 g/mol. The number of carbonyl (C=O) groups is 18. The minimum atomic E-state index is -1.61. The number of carboxylic acid groups (broad SMARTS) is 4. The lowest BCUT2D eigenvalue weighted by atomic mass is 9.82. The van der Waals surface area contributed by atoms with Crippen LogP contribution in [0.15, 0.2) is 90.3 Å². The zero-order valence-electron chi connectivity index (χ0n) is 78.5. The van der Waals surface area contributed by atoms with Gasteiger partial charge in [0.1, 0.15) is 28.5 Å². The fraction of sp³-hybridized carbons (Fsp3) is 0.570. The molecule has 136 heavy (non-hydrogen) atoms. The normalized spacial score (nSPS) is 14.8. The van der Waals surface area contributed by atoms with E-state index in [0.717, 1.165) is 42.7 Å². The molecule has 40 nitrogen and oxygen atoms in total. The first-order valence-corrected chi connectivity index (χ1v) is 48.6. The van der Waals surface area contributed by atoms with Crippen LogP contribution < -0.4 is 48.3 Å². The molecule has 1 aromatic heterocycles. The van der Waals surface area contributed by atoms with Crippen LogP contribution in [0.4, 0.5) is 9.59 Å². The maximum absolute atomic E-state index is 14.9. The molecule has 5 rings (SSSR count). The van der Waals surface area contributed by atoms with Crippen LogP contribution in [0.5, 0.6) is 5.75 Å². The number of carboxylic acids is 4. The van der Waals surface area contributed by atoms with E-state index in [9.17, 15) is 107 Å². The third-order valence-electron chi connectivity index (χ3n) is 22.1. The number of amides is 9. The van der Waals surface area contributed by atoms with Crippen LogP contribution in [-0.2, 0) is 115 Å². The van der Waals surface area contributed by atoms with Crippen LogP contribution in [0.1, 0.15) is 209 Å². The van der Waals surface area contributed by atoms with Gasteiger partial charge in [0.15, 0.2) is 36.0 Å². The second-order valence-electron chi connectivity index (χ2n) is 33.3. The summed E-state index contributed by atoms with van der Waals surface area (Å²) in [4.78, 5) is 255. The molecule has 2 heterocycles. The molecule has 1 fully saturated rings. The number of hydrogen-bond acceptors (Lipinski definition) is 30. The van der Waals surface area contributed by atoms with E-state index in [1.807, 2.05) is 48.6 Å². The Balaban J connectivity index is 0.000000681. The summed E-state index contributed by atoms with van der Waals surface area (Å²) in [6, 6.07) is 15.8. The highest BCUT2D eigenvalue weighted by molar-refractivity contribution is 8.76. The third kappa shape index (κ3) is 46.5. The van der Waals surface area contributed by atoms with Gasteiger partial charge in [-0.2, -0.15) is 9.59 Å². The summed E-state index contributed by atoms with van der Waals surface area (Å²) in [6.45, 7) is 14.2. The molecule has 1 aliphatic rings. The van der Waals surface area contributed by atoms with Gasteiger partial charge in [-0.25, -0.2) is 19.4 Å². The number of phenolic OH excluding ortho intramolecular Hbond substituents is 1. The zero-order chi connectivity index (χ0) is 102. The number of urea groups is 1. The Kier molecular flexibility index (Phi) is 56.3. The number of benzene rings is 3. The minimum absolute atomic E-state index is 0.00835. The van der Waals surface area contributed by atoms with E-state index in [-0.39, 0.29) is 162 Å². The lowest BCUT2D eigenvalue weighted by Crippen LogP contribution is -2.53. The number of nitrogens with zero attached hydrogens (tertiary/aromatic N) is 3. The predicted octanol–water partition coefficient (Wildman–Crippen LogP) is 7.10. The van der Waals surface area contributed by atoms with Crippen LogP contribution in [0.2, 0.25) is 0 Å². The molecule has 0 bridgehead atoms. The predicted molar refractivity (Wildman–Crippen MR) is 501 cm³/mol. The average Bonchev–Trinajstić information content (AvgIpc) is 1.75. The molecule has 15 N–H and O–H groups in total. The van der Waals surface area contributed by atoms with Gasteiger partial charge in [-0.15, -0.1) is 11.3 Å². The monoisotopic (exact) mass is 1960 g/mol. The number of nitrogens with one attached hydrogen (secondary N) is 8. The van der Waals surface area contributed by atoms with Crippen LogP contribution in [-0.4, -0.2) is 260 Å². The molecule has 0 spiro atoms. The molecule has 9 amide bonds. The van der Waals surface area contributed by atoms with Gasteiger partial charge in [0.25, 0.3) is 5.91 Å². The molecule has 0 saturated carbocycles. The highest BCUT2D eigenvalue weighted by atomic mass is 33.1. The van der Waals surface area contributed by atoms with E-state index in [0.29, 0.717) is 41.8 Å². The number of likely N-dealkylation sites (tertiary alicyclic amines) is 1. The first kappa shape index (κ1) is 118. The second-order valence-corrected chi connectivity index (χ2v) is 36.8. The lowest BCUT2D eigenvalue weighted by Gasteiger charge is -2.39. The van der Waals surface area contributed by atoms with E-state index in [4.69, 9.17) is 34.6 Å². The number of phenols is 1. The van der Waals surface area contributed by atoms with Gasteiger partial charge >= 0.3 is 54.1 Å². The quantitative estimate of drug-likeness (QED) is 0.00688. The summed E-state index contributed by atoms with van der Waals surface area (Å²) in [7, 11) is 4.42. The summed E-state index contributed by atoms with van der Waals surface area (Å²) in [5, 5.41) is 68.9. The smallest absolute Gasteiger partial charge is 0.407 e. The van der Waals surface area contributed by atoms with E-state index < -0.39 is 181 Å². The van der Waals surface area contributed by atoms with Gasteiger partial charge < -0.3 is 92.9 Å². The van der Waals surface area contributed by atoms with Crippen molar-refractivity contribution in [3.05, 3.63) is 118 Å². The molecule has 43 heteroatoms. The van der Waals surface area contributed by atoms with Crippen LogP contribution in [0, 0.1) is 35.5 Å². The first-order valence-electron chi connectivity index (χ1n) is 45.0. The Labute approximate surface area is 802 Å². The Bertz CT molecular complexity index is 4580. The van der Waals surface area contributed by atoms with Crippen molar-refractivity contribution in [2.24, 2.45) is 41.2 Å². The van der Waals surface area contributed by atoms with Gasteiger partial charge in [-0.1, -0.05) is 156 Å². The Hall–Kier alpha value is -12.1. The number of alkyl carbamates (subject to hydrolysis) is 1. The topological polar surface area (TPSA) is 612 Å². The summed E-state index contributed by atoms with van der Waals surface area (Å²) in [5.74, 6) is -15.4. The van der Waals surface area contributed by atoms with Gasteiger partial charge in [0, 0.05) is 119 Å². The fourth-order valence-electron chi connectivity index (χ4n) is 14.4. The number of aromatic nitrogens is 1. The molecule has 1 aliphatic heterocycles. The van der Waals surface area contributed by atoms with Gasteiger partial charge in [0.05, 0.1) is 43.6 Å². The Morgan fingerprint density at radius 2 is 1.27 bits per heavy atom. The van der Waals surface area contributed by atoms with Crippen molar-refractivity contribution in [2.75, 3.05) is 65.1 Å². The number of carbonyl (C=O) groups excluding carboxylic acids is 16. The number of ether oxygens (including phenoxy) is 3. The van der Waals surface area contributed by atoms with Crippen molar-refractivity contribution in [3.8, 4) is 5.75 Å². The molecule has 1 unspecified atom stereocenters. The number of rotatable bonds is 61. The molecule has 0 aliphatic carbocycles. The molecule has 13 atom stereocenters. The number of thiazole rings is 1. The van der Waals surface area contributed by atoms with Crippen LogP contribution in [0.3, 0.4) is 0 Å². The summed E-state index contributed by atoms with van der Waals surface area (Å²) < 4.78 is 16.6. The Morgan fingerprint density at radius 3 is 1.85 bits per heavy atom.